The standard InChI is InChI=1S/C17H24N4O3/c1-19-11-13-20(14-12-19)10-2-9-18-17(22)8-5-15-3-6-16(7-4-15)21(23)24/h3-8H,2,9-14H2,1H3,(H,18,22)/b8-5+. The second kappa shape index (κ2) is 9.14. The molecule has 1 aromatic rings. The Balaban J connectivity index is 1.64. The number of benzene rings is 1. The van der Waals surface area contributed by atoms with Gasteiger partial charge >= 0.3 is 0 Å². The van der Waals surface area contributed by atoms with Crippen LogP contribution in [0.25, 0.3) is 6.08 Å². The molecule has 1 aliphatic rings. The van der Waals surface area contributed by atoms with Gasteiger partial charge in [-0.2, -0.15) is 0 Å². The first-order valence-electron chi connectivity index (χ1n) is 8.16. The summed E-state index contributed by atoms with van der Waals surface area (Å²) in [4.78, 5) is 26.6. The monoisotopic (exact) mass is 332 g/mol. The summed E-state index contributed by atoms with van der Waals surface area (Å²) in [6, 6.07) is 6.09. The summed E-state index contributed by atoms with van der Waals surface area (Å²) < 4.78 is 0. The lowest BCUT2D eigenvalue weighted by Crippen LogP contribution is -2.45. The molecule has 0 aromatic heterocycles. The molecule has 1 fully saturated rings. The van der Waals surface area contributed by atoms with Gasteiger partial charge in [-0.05, 0) is 43.8 Å². The summed E-state index contributed by atoms with van der Waals surface area (Å²) in [5.41, 5.74) is 0.800. The molecule has 24 heavy (non-hydrogen) atoms. The number of likely N-dealkylation sites (N-methyl/N-ethyl adjacent to an activating group) is 1. The highest BCUT2D eigenvalue weighted by atomic mass is 16.6. The molecule has 0 aliphatic carbocycles. The zero-order valence-corrected chi connectivity index (χ0v) is 14.0. The molecule has 0 bridgehead atoms. The quantitative estimate of drug-likeness (QED) is 0.353. The van der Waals surface area contributed by atoms with Crippen LogP contribution >= 0.6 is 0 Å². The fourth-order valence-corrected chi connectivity index (χ4v) is 2.52. The molecule has 7 nitrogen and oxygen atoms in total. The van der Waals surface area contributed by atoms with Crippen LogP contribution in [0.15, 0.2) is 30.3 Å². The van der Waals surface area contributed by atoms with Crippen LogP contribution in [-0.4, -0.2) is 66.9 Å². The molecule has 130 valence electrons. The van der Waals surface area contributed by atoms with E-state index in [1.807, 2.05) is 0 Å². The van der Waals surface area contributed by atoms with Gasteiger partial charge in [0.15, 0.2) is 0 Å². The van der Waals surface area contributed by atoms with Gasteiger partial charge in [0.1, 0.15) is 0 Å². The number of nitrogens with one attached hydrogen (secondary N) is 1. The number of carbonyl (C=O) groups excluding carboxylic acids is 1. The number of hydrogen-bond acceptors (Lipinski definition) is 5. The number of nitrogens with zero attached hydrogens (tertiary/aromatic N) is 3. The van der Waals surface area contributed by atoms with E-state index in [1.54, 1.807) is 18.2 Å². The first-order valence-corrected chi connectivity index (χ1v) is 8.16. The van der Waals surface area contributed by atoms with Crippen LogP contribution in [0.3, 0.4) is 0 Å². The third-order valence-corrected chi connectivity index (χ3v) is 4.08. The first kappa shape index (κ1) is 18.1. The van der Waals surface area contributed by atoms with E-state index in [0.29, 0.717) is 6.54 Å². The van der Waals surface area contributed by atoms with Crippen molar-refractivity contribution in [3.63, 3.8) is 0 Å². The molecule has 1 amide bonds. The van der Waals surface area contributed by atoms with Gasteiger partial charge in [0.05, 0.1) is 4.92 Å². The molecule has 0 saturated carbocycles. The number of nitro benzene ring substituents is 1. The van der Waals surface area contributed by atoms with Gasteiger partial charge in [-0.25, -0.2) is 0 Å². The smallest absolute Gasteiger partial charge is 0.269 e. The molecule has 0 spiro atoms. The topological polar surface area (TPSA) is 78.7 Å². The minimum Gasteiger partial charge on any atom is -0.353 e. The van der Waals surface area contributed by atoms with Crippen molar-refractivity contribution in [2.24, 2.45) is 0 Å². The van der Waals surface area contributed by atoms with Gasteiger partial charge in [-0.15, -0.1) is 0 Å². The second-order valence-electron chi connectivity index (χ2n) is 5.97. The molecule has 0 atom stereocenters. The highest BCUT2D eigenvalue weighted by molar-refractivity contribution is 5.91. The van der Waals surface area contributed by atoms with Crippen molar-refractivity contribution in [1.82, 2.24) is 15.1 Å². The van der Waals surface area contributed by atoms with Crippen LogP contribution in [-0.2, 0) is 4.79 Å². The summed E-state index contributed by atoms with van der Waals surface area (Å²) in [7, 11) is 2.13. The number of non-ortho nitro benzene ring substituents is 1. The van der Waals surface area contributed by atoms with E-state index in [1.165, 1.54) is 18.2 Å². The zero-order chi connectivity index (χ0) is 17.4. The predicted octanol–water partition coefficient (Wildman–Crippen LogP) is 1.36. The molecule has 1 aromatic carbocycles. The number of carbonyl (C=O) groups is 1. The maximum atomic E-state index is 11.8. The molecule has 1 heterocycles. The van der Waals surface area contributed by atoms with E-state index < -0.39 is 4.92 Å². The maximum absolute atomic E-state index is 11.8. The Morgan fingerprint density at radius 2 is 1.92 bits per heavy atom. The van der Waals surface area contributed by atoms with Crippen LogP contribution < -0.4 is 5.32 Å². The molecular weight excluding hydrogens is 308 g/mol. The van der Waals surface area contributed by atoms with Crippen LogP contribution in [0.4, 0.5) is 5.69 Å². The van der Waals surface area contributed by atoms with Gasteiger partial charge in [0.25, 0.3) is 5.69 Å². The van der Waals surface area contributed by atoms with Crippen LogP contribution in [0.1, 0.15) is 12.0 Å². The molecule has 1 N–H and O–H groups in total. The highest BCUT2D eigenvalue weighted by Gasteiger charge is 2.12. The summed E-state index contributed by atoms with van der Waals surface area (Å²) in [5, 5.41) is 13.4. The first-order chi connectivity index (χ1) is 11.5. The Morgan fingerprint density at radius 1 is 1.25 bits per heavy atom. The Morgan fingerprint density at radius 3 is 2.54 bits per heavy atom. The largest absolute Gasteiger partial charge is 0.353 e. The lowest BCUT2D eigenvalue weighted by Gasteiger charge is -2.32. The Hall–Kier alpha value is -2.25. The average molecular weight is 332 g/mol. The molecule has 1 aliphatic heterocycles. The number of rotatable bonds is 7. The van der Waals surface area contributed by atoms with E-state index in [4.69, 9.17) is 0 Å². The Kier molecular flexibility index (Phi) is 6.89. The van der Waals surface area contributed by atoms with Crippen LogP contribution in [0.2, 0.25) is 0 Å². The SMILES string of the molecule is CN1CCN(CCCNC(=O)/C=C/c2ccc([N+](=O)[O-])cc2)CC1. The van der Waals surface area contributed by atoms with E-state index in [0.717, 1.165) is 44.7 Å². The van der Waals surface area contributed by atoms with Crippen molar-refractivity contribution in [3.05, 3.63) is 46.0 Å². The van der Waals surface area contributed by atoms with E-state index in [-0.39, 0.29) is 11.6 Å². The van der Waals surface area contributed by atoms with E-state index >= 15 is 0 Å². The zero-order valence-electron chi connectivity index (χ0n) is 14.0. The van der Waals surface area contributed by atoms with Crippen molar-refractivity contribution in [2.45, 2.75) is 6.42 Å². The number of amides is 1. The van der Waals surface area contributed by atoms with E-state index in [2.05, 4.69) is 22.2 Å². The van der Waals surface area contributed by atoms with Crippen molar-refractivity contribution in [2.75, 3.05) is 46.3 Å². The molecule has 1 saturated heterocycles. The molecule has 0 radical (unpaired) electrons. The van der Waals surface area contributed by atoms with Crippen molar-refractivity contribution in [1.29, 1.82) is 0 Å². The van der Waals surface area contributed by atoms with Crippen molar-refractivity contribution >= 4 is 17.7 Å². The van der Waals surface area contributed by atoms with Crippen molar-refractivity contribution in [3.8, 4) is 0 Å². The normalized spacial score (nSPS) is 16.4. The minimum atomic E-state index is -0.444. The van der Waals surface area contributed by atoms with Gasteiger partial charge in [0.2, 0.25) is 5.91 Å². The van der Waals surface area contributed by atoms with Crippen LogP contribution in [0, 0.1) is 10.1 Å². The summed E-state index contributed by atoms with van der Waals surface area (Å²) in [5.74, 6) is -0.147. The predicted molar refractivity (Wildman–Crippen MR) is 93.7 cm³/mol. The third-order valence-electron chi connectivity index (χ3n) is 4.08. The number of piperazine rings is 1. The number of nitro groups is 1. The van der Waals surface area contributed by atoms with Crippen LogP contribution in [0.5, 0.6) is 0 Å². The molecule has 7 heteroatoms. The third kappa shape index (κ3) is 6.10. The Labute approximate surface area is 142 Å². The average Bonchev–Trinajstić information content (AvgIpc) is 2.59. The maximum Gasteiger partial charge on any atom is 0.269 e. The van der Waals surface area contributed by atoms with Crippen molar-refractivity contribution < 1.29 is 9.72 Å². The van der Waals surface area contributed by atoms with E-state index in [9.17, 15) is 14.9 Å². The summed E-state index contributed by atoms with van der Waals surface area (Å²) in [6.07, 6.45) is 4.04. The minimum absolute atomic E-state index is 0.0421. The molecular formula is C17H24N4O3. The lowest BCUT2D eigenvalue weighted by molar-refractivity contribution is -0.384. The fraction of sp³-hybridized carbons (Fsp3) is 0.471. The molecule has 2 rings (SSSR count). The molecule has 0 unspecified atom stereocenters. The highest BCUT2D eigenvalue weighted by Crippen LogP contribution is 2.12. The summed E-state index contributed by atoms with van der Waals surface area (Å²) >= 11 is 0. The van der Waals surface area contributed by atoms with Gasteiger partial charge < -0.3 is 15.1 Å². The van der Waals surface area contributed by atoms with Gasteiger partial charge in [-0.1, -0.05) is 0 Å². The van der Waals surface area contributed by atoms with Gasteiger partial charge in [-0.3, -0.25) is 14.9 Å². The lowest BCUT2D eigenvalue weighted by atomic mass is 10.2. The Bertz CT molecular complexity index is 578. The van der Waals surface area contributed by atoms with Gasteiger partial charge in [0, 0.05) is 50.9 Å². The second-order valence-corrected chi connectivity index (χ2v) is 5.97. The summed E-state index contributed by atoms with van der Waals surface area (Å²) in [6.45, 7) is 6.03. The number of hydrogen-bond donors (Lipinski definition) is 1. The fourth-order valence-electron chi connectivity index (χ4n) is 2.52.